The molecule has 1 aliphatic heterocycles. The number of carbonyl (C=O) groups excluding carboxylic acids is 2. The zero-order valence-electron chi connectivity index (χ0n) is 15.2. The number of rotatable bonds is 7. The Morgan fingerprint density at radius 3 is 2.78 bits per heavy atom. The number of hydrogen-bond acceptors (Lipinski definition) is 7. The third-order valence-electron chi connectivity index (χ3n) is 4.77. The molecule has 1 aliphatic carbocycles. The van der Waals surface area contributed by atoms with E-state index >= 15 is 0 Å². The van der Waals surface area contributed by atoms with Gasteiger partial charge in [-0.15, -0.1) is 21.5 Å². The van der Waals surface area contributed by atoms with Crippen LogP contribution in [0.1, 0.15) is 39.1 Å². The van der Waals surface area contributed by atoms with Crippen LogP contribution >= 0.6 is 23.1 Å². The Morgan fingerprint density at radius 2 is 2.04 bits per heavy atom. The van der Waals surface area contributed by atoms with E-state index in [0.717, 1.165) is 15.9 Å². The molecule has 0 atom stereocenters. The van der Waals surface area contributed by atoms with Crippen LogP contribution in [-0.4, -0.2) is 63.4 Å². The summed E-state index contributed by atoms with van der Waals surface area (Å²) in [6, 6.07) is 3.70. The van der Waals surface area contributed by atoms with E-state index < -0.39 is 0 Å². The first-order valence-corrected chi connectivity index (χ1v) is 10.9. The molecule has 0 unspecified atom stereocenters. The minimum absolute atomic E-state index is 0.0612. The third kappa shape index (κ3) is 4.41. The van der Waals surface area contributed by atoms with Gasteiger partial charge in [-0.2, -0.15) is 0 Å². The van der Waals surface area contributed by atoms with Crippen molar-refractivity contribution < 1.29 is 14.3 Å². The minimum atomic E-state index is 0.0612. The molecule has 0 spiro atoms. The highest BCUT2D eigenvalue weighted by Gasteiger charge is 2.29. The molecule has 1 saturated carbocycles. The van der Waals surface area contributed by atoms with Gasteiger partial charge in [0.15, 0.2) is 10.9 Å². The number of nitrogens with zero attached hydrogens (tertiary/aromatic N) is 4. The van der Waals surface area contributed by atoms with Crippen molar-refractivity contribution in [1.29, 1.82) is 0 Å². The lowest BCUT2D eigenvalue weighted by atomic mass is 10.3. The van der Waals surface area contributed by atoms with Crippen LogP contribution in [0.4, 0.5) is 0 Å². The molecule has 0 bridgehead atoms. The number of hydrogen-bond donors (Lipinski definition) is 0. The zero-order valence-corrected chi connectivity index (χ0v) is 16.9. The highest BCUT2D eigenvalue weighted by molar-refractivity contribution is 7.99. The Labute approximate surface area is 166 Å². The van der Waals surface area contributed by atoms with Crippen LogP contribution in [-0.2, 0) is 23.0 Å². The number of thiophene rings is 1. The number of amides is 1. The lowest BCUT2D eigenvalue weighted by Crippen LogP contribution is -2.41. The van der Waals surface area contributed by atoms with Gasteiger partial charge in [0.2, 0.25) is 5.91 Å². The van der Waals surface area contributed by atoms with E-state index in [1.807, 2.05) is 28.6 Å². The Morgan fingerprint density at radius 1 is 1.26 bits per heavy atom. The van der Waals surface area contributed by atoms with E-state index in [2.05, 4.69) is 10.2 Å². The summed E-state index contributed by atoms with van der Waals surface area (Å²) in [6.45, 7) is 2.49. The van der Waals surface area contributed by atoms with Crippen LogP contribution in [0.5, 0.6) is 0 Å². The summed E-state index contributed by atoms with van der Waals surface area (Å²) in [6.07, 6.45) is 2.70. The van der Waals surface area contributed by atoms with Gasteiger partial charge in [-0.3, -0.25) is 9.59 Å². The van der Waals surface area contributed by atoms with E-state index in [4.69, 9.17) is 4.74 Å². The summed E-state index contributed by atoms with van der Waals surface area (Å²) >= 11 is 2.83. The van der Waals surface area contributed by atoms with E-state index in [-0.39, 0.29) is 11.7 Å². The number of aromatic nitrogens is 3. The molecule has 4 rings (SSSR count). The third-order valence-corrected chi connectivity index (χ3v) is 6.92. The Bertz CT molecular complexity index is 838. The smallest absolute Gasteiger partial charge is 0.227 e. The fraction of sp³-hybridized carbons (Fsp3) is 0.556. The van der Waals surface area contributed by atoms with Crippen LogP contribution in [0.3, 0.4) is 0 Å². The molecular formula is C18H22N4O3S2. The first-order chi connectivity index (χ1) is 13.1. The van der Waals surface area contributed by atoms with Crippen LogP contribution < -0.4 is 0 Å². The SMILES string of the molecule is Cn1c(SCC(=O)c2ccc(CC(=O)N3CCOCC3)s2)nnc1C1CC1. The molecule has 3 heterocycles. The summed E-state index contributed by atoms with van der Waals surface area (Å²) in [5.41, 5.74) is 0. The summed E-state index contributed by atoms with van der Waals surface area (Å²) in [5, 5.41) is 9.23. The Balaban J connectivity index is 1.31. The van der Waals surface area contributed by atoms with Crippen molar-refractivity contribution in [2.45, 2.75) is 30.3 Å². The first kappa shape index (κ1) is 18.6. The first-order valence-electron chi connectivity index (χ1n) is 9.11. The Hall–Kier alpha value is -1.71. The minimum Gasteiger partial charge on any atom is -0.378 e. The maximum absolute atomic E-state index is 12.5. The highest BCUT2D eigenvalue weighted by Crippen LogP contribution is 2.39. The molecule has 1 amide bonds. The van der Waals surface area contributed by atoms with Crippen molar-refractivity contribution in [1.82, 2.24) is 19.7 Å². The molecule has 0 radical (unpaired) electrons. The van der Waals surface area contributed by atoms with Crippen molar-refractivity contribution in [3.05, 3.63) is 27.7 Å². The molecule has 0 aromatic carbocycles. The normalized spacial score (nSPS) is 17.3. The highest BCUT2D eigenvalue weighted by atomic mass is 32.2. The molecule has 2 aromatic rings. The summed E-state index contributed by atoms with van der Waals surface area (Å²) in [4.78, 5) is 28.3. The van der Waals surface area contributed by atoms with Gasteiger partial charge in [0.25, 0.3) is 0 Å². The molecule has 0 N–H and O–H groups in total. The molecule has 9 heteroatoms. The van der Waals surface area contributed by atoms with Crippen molar-refractivity contribution in [2.75, 3.05) is 32.1 Å². The van der Waals surface area contributed by atoms with Gasteiger partial charge in [-0.1, -0.05) is 11.8 Å². The summed E-state index contributed by atoms with van der Waals surface area (Å²) in [5.74, 6) is 2.04. The van der Waals surface area contributed by atoms with Crippen molar-refractivity contribution in [3.63, 3.8) is 0 Å². The molecule has 1 saturated heterocycles. The van der Waals surface area contributed by atoms with Crippen LogP contribution in [0.2, 0.25) is 0 Å². The number of morpholine rings is 1. The summed E-state index contributed by atoms with van der Waals surface area (Å²) < 4.78 is 7.27. The van der Waals surface area contributed by atoms with Gasteiger partial charge < -0.3 is 14.2 Å². The van der Waals surface area contributed by atoms with E-state index in [1.54, 1.807) is 0 Å². The average Bonchev–Trinajstić information content (AvgIpc) is 3.31. The fourth-order valence-electron chi connectivity index (χ4n) is 3.05. The number of thioether (sulfide) groups is 1. The van der Waals surface area contributed by atoms with E-state index in [0.29, 0.717) is 49.3 Å². The second kappa shape index (κ2) is 8.12. The molecule has 2 aliphatic rings. The molecule has 27 heavy (non-hydrogen) atoms. The maximum atomic E-state index is 12.5. The van der Waals surface area contributed by atoms with Crippen molar-refractivity contribution in [2.24, 2.45) is 7.05 Å². The van der Waals surface area contributed by atoms with Crippen molar-refractivity contribution in [3.8, 4) is 0 Å². The topological polar surface area (TPSA) is 77.3 Å². The van der Waals surface area contributed by atoms with Gasteiger partial charge >= 0.3 is 0 Å². The molecule has 144 valence electrons. The van der Waals surface area contributed by atoms with Crippen LogP contribution in [0, 0.1) is 0 Å². The van der Waals surface area contributed by atoms with Crippen LogP contribution in [0.25, 0.3) is 0 Å². The lowest BCUT2D eigenvalue weighted by Gasteiger charge is -2.26. The van der Waals surface area contributed by atoms with E-state index in [9.17, 15) is 9.59 Å². The van der Waals surface area contributed by atoms with Gasteiger partial charge in [0, 0.05) is 30.9 Å². The largest absolute Gasteiger partial charge is 0.378 e. The molecular weight excluding hydrogens is 384 g/mol. The monoisotopic (exact) mass is 406 g/mol. The van der Waals surface area contributed by atoms with Crippen molar-refractivity contribution >= 4 is 34.8 Å². The number of carbonyl (C=O) groups is 2. The Kier molecular flexibility index (Phi) is 5.60. The maximum Gasteiger partial charge on any atom is 0.227 e. The quantitative estimate of drug-likeness (QED) is 0.518. The predicted molar refractivity (Wildman–Crippen MR) is 103 cm³/mol. The molecule has 7 nitrogen and oxygen atoms in total. The number of ketones is 1. The predicted octanol–water partition coefficient (Wildman–Crippen LogP) is 2.13. The number of Topliss-reactive ketones (excluding diaryl/α,β-unsaturated/α-hetero) is 1. The lowest BCUT2D eigenvalue weighted by molar-refractivity contribution is -0.134. The standard InChI is InChI=1S/C18H22N4O3S2/c1-21-17(12-2-3-12)19-20-18(21)26-11-14(23)15-5-4-13(27-15)10-16(24)22-6-8-25-9-7-22/h4-5,12H,2-3,6-11H2,1H3. The second-order valence-corrected chi connectivity index (χ2v) is 8.93. The van der Waals surface area contributed by atoms with Gasteiger partial charge in [0.05, 0.1) is 30.3 Å². The zero-order chi connectivity index (χ0) is 18.8. The molecule has 2 fully saturated rings. The number of ether oxygens (including phenoxy) is 1. The fourth-order valence-corrected chi connectivity index (χ4v) is 4.88. The second-order valence-electron chi connectivity index (χ2n) is 6.82. The van der Waals surface area contributed by atoms with Gasteiger partial charge in [-0.05, 0) is 25.0 Å². The summed E-state index contributed by atoms with van der Waals surface area (Å²) in [7, 11) is 1.96. The van der Waals surface area contributed by atoms with Crippen LogP contribution in [0.15, 0.2) is 17.3 Å². The van der Waals surface area contributed by atoms with Gasteiger partial charge in [-0.25, -0.2) is 0 Å². The average molecular weight is 407 g/mol. The van der Waals surface area contributed by atoms with Gasteiger partial charge in [0.1, 0.15) is 5.82 Å². The van der Waals surface area contributed by atoms with E-state index in [1.165, 1.54) is 35.9 Å². The molecule has 2 aromatic heterocycles.